The molecule has 1 saturated heterocycles. The van der Waals surface area contributed by atoms with E-state index in [-0.39, 0.29) is 0 Å². The van der Waals surface area contributed by atoms with Crippen LogP contribution < -0.4 is 4.90 Å². The van der Waals surface area contributed by atoms with Crippen LogP contribution in [0.4, 0.5) is 5.82 Å². The van der Waals surface area contributed by atoms with E-state index in [1.54, 1.807) is 0 Å². The van der Waals surface area contributed by atoms with Crippen LogP contribution in [-0.4, -0.2) is 44.2 Å². The van der Waals surface area contributed by atoms with Gasteiger partial charge in [0.25, 0.3) is 0 Å². The van der Waals surface area contributed by atoms with Gasteiger partial charge in [-0.05, 0) is 6.42 Å². The van der Waals surface area contributed by atoms with Crippen LogP contribution in [0.3, 0.4) is 0 Å². The van der Waals surface area contributed by atoms with Crippen LogP contribution in [0.2, 0.25) is 0 Å². The third-order valence-corrected chi connectivity index (χ3v) is 4.58. The van der Waals surface area contributed by atoms with Crippen LogP contribution in [0.1, 0.15) is 31.9 Å². The summed E-state index contributed by atoms with van der Waals surface area (Å²) in [6, 6.07) is 2.08. The van der Waals surface area contributed by atoms with Gasteiger partial charge in [-0.15, -0.1) is 10.2 Å². The minimum Gasteiger partial charge on any atom is -0.355 e. The SMILES string of the molecule is CCCc1nc(N2CCSCC2)cc2nnc(CC)n12. The highest BCUT2D eigenvalue weighted by Crippen LogP contribution is 2.21. The van der Waals surface area contributed by atoms with Gasteiger partial charge in [-0.3, -0.25) is 4.40 Å². The summed E-state index contributed by atoms with van der Waals surface area (Å²) in [5.74, 6) is 5.54. The van der Waals surface area contributed by atoms with Gasteiger partial charge >= 0.3 is 0 Å². The fraction of sp³-hybridized carbons (Fsp3) is 0.643. The summed E-state index contributed by atoms with van der Waals surface area (Å²) in [7, 11) is 0. The number of aryl methyl sites for hydroxylation is 2. The summed E-state index contributed by atoms with van der Waals surface area (Å²) >= 11 is 2.02. The molecule has 0 atom stereocenters. The first-order valence-electron chi connectivity index (χ1n) is 7.40. The van der Waals surface area contributed by atoms with E-state index in [2.05, 4.69) is 39.4 Å². The van der Waals surface area contributed by atoms with Gasteiger partial charge in [0.1, 0.15) is 17.5 Å². The first-order chi connectivity index (χ1) is 9.83. The number of hydrogen-bond acceptors (Lipinski definition) is 5. The minimum absolute atomic E-state index is 0.888. The maximum absolute atomic E-state index is 4.89. The Labute approximate surface area is 123 Å². The lowest BCUT2D eigenvalue weighted by Crippen LogP contribution is -2.33. The molecule has 2 aromatic heterocycles. The molecule has 0 spiro atoms. The predicted octanol–water partition coefficient (Wildman–Crippen LogP) is 2.19. The van der Waals surface area contributed by atoms with Crippen molar-refractivity contribution in [1.82, 2.24) is 19.6 Å². The monoisotopic (exact) mass is 291 g/mol. The maximum Gasteiger partial charge on any atom is 0.165 e. The van der Waals surface area contributed by atoms with Crippen molar-refractivity contribution in [3.8, 4) is 0 Å². The normalized spacial score (nSPS) is 16.0. The summed E-state index contributed by atoms with van der Waals surface area (Å²) in [5.41, 5.74) is 0.938. The number of nitrogens with zero attached hydrogens (tertiary/aromatic N) is 5. The van der Waals surface area contributed by atoms with Crippen LogP contribution in [0.5, 0.6) is 0 Å². The van der Waals surface area contributed by atoms with Crippen LogP contribution in [0, 0.1) is 0 Å². The van der Waals surface area contributed by atoms with Crippen LogP contribution in [0.25, 0.3) is 5.65 Å². The van der Waals surface area contributed by atoms with E-state index in [9.17, 15) is 0 Å². The summed E-state index contributed by atoms with van der Waals surface area (Å²) in [6.07, 6.45) is 2.94. The van der Waals surface area contributed by atoms with Crippen LogP contribution >= 0.6 is 11.8 Å². The number of fused-ring (bicyclic) bond motifs is 1. The number of anilines is 1. The van der Waals surface area contributed by atoms with Gasteiger partial charge in [0.05, 0.1) is 0 Å². The molecule has 0 N–H and O–H groups in total. The van der Waals surface area contributed by atoms with E-state index in [1.165, 1.54) is 11.5 Å². The molecule has 0 aromatic carbocycles. The average molecular weight is 291 g/mol. The Morgan fingerprint density at radius 2 is 1.95 bits per heavy atom. The molecule has 0 saturated carbocycles. The molecule has 0 amide bonds. The zero-order valence-corrected chi connectivity index (χ0v) is 13.0. The largest absolute Gasteiger partial charge is 0.355 e. The summed E-state index contributed by atoms with van der Waals surface area (Å²) < 4.78 is 2.13. The molecule has 5 nitrogen and oxygen atoms in total. The lowest BCUT2D eigenvalue weighted by atomic mass is 10.3. The van der Waals surface area contributed by atoms with Crippen molar-refractivity contribution in [2.45, 2.75) is 33.1 Å². The molecular formula is C14H21N5S. The Balaban J connectivity index is 2.06. The molecular weight excluding hydrogens is 270 g/mol. The van der Waals surface area contributed by atoms with Gasteiger partial charge in [0.15, 0.2) is 5.65 Å². The molecule has 0 unspecified atom stereocenters. The van der Waals surface area contributed by atoms with E-state index >= 15 is 0 Å². The lowest BCUT2D eigenvalue weighted by Gasteiger charge is -2.27. The van der Waals surface area contributed by atoms with E-state index in [0.717, 1.165) is 55.5 Å². The first kappa shape index (κ1) is 13.7. The van der Waals surface area contributed by atoms with Crippen molar-refractivity contribution in [3.63, 3.8) is 0 Å². The zero-order valence-electron chi connectivity index (χ0n) is 12.2. The molecule has 0 aliphatic carbocycles. The zero-order chi connectivity index (χ0) is 13.9. The van der Waals surface area contributed by atoms with E-state index in [4.69, 9.17) is 4.98 Å². The fourth-order valence-corrected chi connectivity index (χ4v) is 3.51. The van der Waals surface area contributed by atoms with E-state index < -0.39 is 0 Å². The molecule has 1 aliphatic rings. The highest BCUT2D eigenvalue weighted by molar-refractivity contribution is 7.99. The van der Waals surface area contributed by atoms with Crippen molar-refractivity contribution in [1.29, 1.82) is 0 Å². The second kappa shape index (κ2) is 5.99. The van der Waals surface area contributed by atoms with Crippen molar-refractivity contribution in [2.24, 2.45) is 0 Å². The third kappa shape index (κ3) is 2.49. The van der Waals surface area contributed by atoms with Crippen LogP contribution in [0.15, 0.2) is 6.07 Å². The van der Waals surface area contributed by atoms with Crippen molar-refractivity contribution >= 4 is 23.2 Å². The maximum atomic E-state index is 4.89. The Bertz CT molecular complexity index is 589. The summed E-state index contributed by atoms with van der Waals surface area (Å²) in [5, 5.41) is 8.62. The second-order valence-corrected chi connectivity index (χ2v) is 6.27. The molecule has 3 rings (SSSR count). The van der Waals surface area contributed by atoms with E-state index in [0.29, 0.717) is 0 Å². The number of hydrogen-bond donors (Lipinski definition) is 0. The van der Waals surface area contributed by atoms with Gasteiger partial charge < -0.3 is 4.90 Å². The van der Waals surface area contributed by atoms with Crippen LogP contribution in [-0.2, 0) is 12.8 Å². The molecule has 1 aliphatic heterocycles. The summed E-state index contributed by atoms with van der Waals surface area (Å²) in [6.45, 7) is 6.46. The smallest absolute Gasteiger partial charge is 0.165 e. The molecule has 0 radical (unpaired) electrons. The molecule has 6 heteroatoms. The topological polar surface area (TPSA) is 46.3 Å². The molecule has 20 heavy (non-hydrogen) atoms. The van der Waals surface area contributed by atoms with Crippen molar-refractivity contribution < 1.29 is 0 Å². The molecule has 2 aromatic rings. The number of rotatable bonds is 4. The molecule has 108 valence electrons. The first-order valence-corrected chi connectivity index (χ1v) is 8.55. The third-order valence-electron chi connectivity index (χ3n) is 3.64. The van der Waals surface area contributed by atoms with E-state index in [1.807, 2.05) is 11.8 Å². The average Bonchev–Trinajstić information content (AvgIpc) is 2.91. The standard InChI is InChI=1S/C14H21N5S/c1-3-5-12-15-13(18-6-8-20-9-7-18)10-14-17-16-11(4-2)19(12)14/h10H,3-9H2,1-2H3. The van der Waals surface area contributed by atoms with Gasteiger partial charge in [-0.1, -0.05) is 13.8 Å². The number of thioether (sulfide) groups is 1. The molecule has 0 bridgehead atoms. The predicted molar refractivity (Wildman–Crippen MR) is 83.7 cm³/mol. The fourth-order valence-electron chi connectivity index (χ4n) is 2.61. The second-order valence-electron chi connectivity index (χ2n) is 5.04. The molecule has 1 fully saturated rings. The Morgan fingerprint density at radius 3 is 2.65 bits per heavy atom. The van der Waals surface area contributed by atoms with Gasteiger partial charge in [0.2, 0.25) is 0 Å². The highest BCUT2D eigenvalue weighted by atomic mass is 32.2. The summed E-state index contributed by atoms with van der Waals surface area (Å²) in [4.78, 5) is 7.27. The Hall–Kier alpha value is -1.30. The van der Waals surface area contributed by atoms with Gasteiger partial charge in [-0.25, -0.2) is 4.98 Å². The lowest BCUT2D eigenvalue weighted by molar-refractivity contribution is 0.760. The highest BCUT2D eigenvalue weighted by Gasteiger charge is 2.17. The quantitative estimate of drug-likeness (QED) is 0.864. The Kier molecular flexibility index (Phi) is 4.10. The number of aromatic nitrogens is 4. The minimum atomic E-state index is 0.888. The molecule has 3 heterocycles. The van der Waals surface area contributed by atoms with Crippen molar-refractivity contribution in [3.05, 3.63) is 17.7 Å². The van der Waals surface area contributed by atoms with Gasteiger partial charge in [-0.2, -0.15) is 11.8 Å². The Morgan fingerprint density at radius 1 is 1.15 bits per heavy atom. The van der Waals surface area contributed by atoms with Crippen molar-refractivity contribution in [2.75, 3.05) is 29.5 Å². The van der Waals surface area contributed by atoms with Gasteiger partial charge in [0, 0.05) is 43.5 Å².